The van der Waals surface area contributed by atoms with Crippen LogP contribution in [0.5, 0.6) is 0 Å². The number of carbonyl (C=O) groups is 1. The average Bonchev–Trinajstić information content (AvgIpc) is 2.61. The molecular formula is C14H23NO. The van der Waals surface area contributed by atoms with Crippen molar-refractivity contribution in [1.82, 2.24) is 4.90 Å². The standard InChI is InChI=1S/C14H23NO/c1-5-6-11-9-14(10-13(11,2)3)7-8-15(4)12(14)16/h6H,5,7-10H2,1-4H3/b11-6-/t14-/m0/s1. The van der Waals surface area contributed by atoms with Crippen LogP contribution in [0.4, 0.5) is 0 Å². The molecule has 1 spiro atoms. The molecule has 0 aromatic carbocycles. The lowest BCUT2D eigenvalue weighted by atomic mass is 9.80. The van der Waals surface area contributed by atoms with Crippen LogP contribution in [-0.2, 0) is 4.79 Å². The number of hydrogen-bond donors (Lipinski definition) is 0. The zero-order valence-corrected chi connectivity index (χ0v) is 11.0. The summed E-state index contributed by atoms with van der Waals surface area (Å²) in [6.07, 6.45) is 6.50. The minimum absolute atomic E-state index is 0.0563. The summed E-state index contributed by atoms with van der Waals surface area (Å²) in [7, 11) is 1.94. The Morgan fingerprint density at radius 2 is 2.12 bits per heavy atom. The summed E-state index contributed by atoms with van der Waals surface area (Å²) in [5, 5.41) is 0. The summed E-state index contributed by atoms with van der Waals surface area (Å²) in [4.78, 5) is 14.2. The topological polar surface area (TPSA) is 20.3 Å². The van der Waals surface area contributed by atoms with Gasteiger partial charge in [0.2, 0.25) is 5.91 Å². The van der Waals surface area contributed by atoms with Gasteiger partial charge in [0.1, 0.15) is 0 Å². The van der Waals surface area contributed by atoms with Crippen LogP contribution in [0.3, 0.4) is 0 Å². The number of amides is 1. The van der Waals surface area contributed by atoms with Crippen molar-refractivity contribution in [3.63, 3.8) is 0 Å². The molecule has 0 aromatic heterocycles. The molecule has 1 atom stereocenters. The number of hydrogen-bond acceptors (Lipinski definition) is 1. The first-order valence-corrected chi connectivity index (χ1v) is 6.36. The van der Waals surface area contributed by atoms with E-state index in [0.29, 0.717) is 5.91 Å². The van der Waals surface area contributed by atoms with E-state index in [9.17, 15) is 4.79 Å². The fraction of sp³-hybridized carbons (Fsp3) is 0.786. The molecule has 16 heavy (non-hydrogen) atoms. The molecule has 2 fully saturated rings. The first kappa shape index (κ1) is 11.7. The molecule has 2 nitrogen and oxygen atoms in total. The highest BCUT2D eigenvalue weighted by molar-refractivity contribution is 5.85. The van der Waals surface area contributed by atoms with Crippen molar-refractivity contribution in [3.05, 3.63) is 11.6 Å². The van der Waals surface area contributed by atoms with Gasteiger partial charge in [0.25, 0.3) is 0 Å². The van der Waals surface area contributed by atoms with Crippen LogP contribution in [-0.4, -0.2) is 24.4 Å². The maximum absolute atomic E-state index is 12.3. The number of carbonyl (C=O) groups excluding carboxylic acids is 1. The fourth-order valence-corrected chi connectivity index (χ4v) is 3.54. The Labute approximate surface area is 98.7 Å². The van der Waals surface area contributed by atoms with Gasteiger partial charge in [-0.25, -0.2) is 0 Å². The van der Waals surface area contributed by atoms with Crippen molar-refractivity contribution >= 4 is 5.91 Å². The molecule has 1 saturated heterocycles. The van der Waals surface area contributed by atoms with E-state index in [1.807, 2.05) is 11.9 Å². The molecule has 1 aliphatic heterocycles. The van der Waals surface area contributed by atoms with Crippen LogP contribution in [0.1, 0.15) is 46.5 Å². The first-order valence-electron chi connectivity index (χ1n) is 6.36. The third-order valence-corrected chi connectivity index (χ3v) is 4.36. The molecule has 90 valence electrons. The number of rotatable bonds is 1. The molecular weight excluding hydrogens is 198 g/mol. The van der Waals surface area contributed by atoms with Gasteiger partial charge in [0.05, 0.1) is 5.41 Å². The summed E-state index contributed by atoms with van der Waals surface area (Å²) >= 11 is 0. The van der Waals surface area contributed by atoms with E-state index in [4.69, 9.17) is 0 Å². The summed E-state index contributed by atoms with van der Waals surface area (Å²) < 4.78 is 0. The lowest BCUT2D eigenvalue weighted by molar-refractivity contribution is -0.135. The Morgan fingerprint density at radius 1 is 1.44 bits per heavy atom. The van der Waals surface area contributed by atoms with E-state index >= 15 is 0 Å². The quantitative estimate of drug-likeness (QED) is 0.623. The minimum Gasteiger partial charge on any atom is -0.345 e. The van der Waals surface area contributed by atoms with Gasteiger partial charge in [-0.3, -0.25) is 4.79 Å². The van der Waals surface area contributed by atoms with Crippen molar-refractivity contribution in [2.24, 2.45) is 10.8 Å². The summed E-state index contributed by atoms with van der Waals surface area (Å²) in [6, 6.07) is 0. The van der Waals surface area contributed by atoms with E-state index in [1.165, 1.54) is 5.57 Å². The zero-order chi connectivity index (χ0) is 12.0. The summed E-state index contributed by atoms with van der Waals surface area (Å²) in [5.41, 5.74) is 1.66. The number of allylic oxidation sites excluding steroid dienone is 2. The van der Waals surface area contributed by atoms with Gasteiger partial charge < -0.3 is 4.90 Å². The lowest BCUT2D eigenvalue weighted by Gasteiger charge is -2.23. The van der Waals surface area contributed by atoms with Crippen LogP contribution < -0.4 is 0 Å². The van der Waals surface area contributed by atoms with Gasteiger partial charge in [-0.2, -0.15) is 0 Å². The Bertz CT molecular complexity index is 343. The average molecular weight is 221 g/mol. The molecule has 0 aromatic rings. The molecule has 0 radical (unpaired) electrons. The Hall–Kier alpha value is -0.790. The summed E-state index contributed by atoms with van der Waals surface area (Å²) in [6.45, 7) is 7.69. The van der Waals surface area contributed by atoms with Gasteiger partial charge in [-0.15, -0.1) is 0 Å². The van der Waals surface area contributed by atoms with Crippen LogP contribution in [0.15, 0.2) is 11.6 Å². The van der Waals surface area contributed by atoms with Gasteiger partial charge in [0, 0.05) is 13.6 Å². The smallest absolute Gasteiger partial charge is 0.228 e. The molecule has 2 heteroatoms. The second kappa shape index (κ2) is 3.61. The second-order valence-corrected chi connectivity index (χ2v) is 6.13. The lowest BCUT2D eigenvalue weighted by Crippen LogP contribution is -2.31. The third kappa shape index (κ3) is 1.59. The van der Waals surface area contributed by atoms with E-state index in [1.54, 1.807) is 0 Å². The van der Waals surface area contributed by atoms with Crippen LogP contribution >= 0.6 is 0 Å². The van der Waals surface area contributed by atoms with Gasteiger partial charge in [-0.05, 0) is 31.1 Å². The van der Waals surface area contributed by atoms with Gasteiger partial charge >= 0.3 is 0 Å². The Kier molecular flexibility index (Phi) is 2.64. The van der Waals surface area contributed by atoms with Crippen LogP contribution in [0, 0.1) is 10.8 Å². The van der Waals surface area contributed by atoms with E-state index in [2.05, 4.69) is 26.8 Å². The second-order valence-electron chi connectivity index (χ2n) is 6.13. The van der Waals surface area contributed by atoms with E-state index in [-0.39, 0.29) is 10.8 Å². The number of nitrogens with zero attached hydrogens (tertiary/aromatic N) is 1. The number of likely N-dealkylation sites (tertiary alicyclic amines) is 1. The summed E-state index contributed by atoms with van der Waals surface area (Å²) in [5.74, 6) is 0.375. The first-order chi connectivity index (χ1) is 7.41. The van der Waals surface area contributed by atoms with Crippen LogP contribution in [0.25, 0.3) is 0 Å². The SMILES string of the molecule is CC/C=C1/C[C@@]2(CCN(C)C2=O)CC1(C)C. The van der Waals surface area contributed by atoms with Crippen molar-refractivity contribution in [1.29, 1.82) is 0 Å². The predicted molar refractivity (Wildman–Crippen MR) is 66.1 cm³/mol. The molecule has 0 bridgehead atoms. The van der Waals surface area contributed by atoms with Gasteiger partial charge in [0.15, 0.2) is 0 Å². The molecule has 0 N–H and O–H groups in total. The Balaban J connectivity index is 2.30. The van der Waals surface area contributed by atoms with Crippen molar-refractivity contribution < 1.29 is 4.79 Å². The molecule has 1 aliphatic carbocycles. The van der Waals surface area contributed by atoms with Crippen molar-refractivity contribution in [3.8, 4) is 0 Å². The van der Waals surface area contributed by atoms with Crippen molar-refractivity contribution in [2.75, 3.05) is 13.6 Å². The zero-order valence-electron chi connectivity index (χ0n) is 11.0. The molecule has 2 rings (SSSR count). The molecule has 1 heterocycles. The highest BCUT2D eigenvalue weighted by atomic mass is 16.2. The fourth-order valence-electron chi connectivity index (χ4n) is 3.54. The van der Waals surface area contributed by atoms with Crippen molar-refractivity contribution in [2.45, 2.75) is 46.5 Å². The van der Waals surface area contributed by atoms with E-state index in [0.717, 1.165) is 32.2 Å². The Morgan fingerprint density at radius 3 is 2.62 bits per heavy atom. The normalized spacial score (nSPS) is 35.6. The molecule has 0 unspecified atom stereocenters. The highest BCUT2D eigenvalue weighted by Gasteiger charge is 2.54. The van der Waals surface area contributed by atoms with E-state index < -0.39 is 0 Å². The third-order valence-electron chi connectivity index (χ3n) is 4.36. The molecule has 2 aliphatic rings. The predicted octanol–water partition coefficient (Wildman–Crippen LogP) is 2.99. The maximum Gasteiger partial charge on any atom is 0.228 e. The molecule has 1 amide bonds. The monoisotopic (exact) mass is 221 g/mol. The van der Waals surface area contributed by atoms with Crippen LogP contribution in [0.2, 0.25) is 0 Å². The minimum atomic E-state index is -0.0563. The highest BCUT2D eigenvalue weighted by Crippen LogP contribution is 2.56. The van der Waals surface area contributed by atoms with Gasteiger partial charge in [-0.1, -0.05) is 32.4 Å². The molecule has 1 saturated carbocycles. The largest absolute Gasteiger partial charge is 0.345 e. The maximum atomic E-state index is 12.3.